The van der Waals surface area contributed by atoms with Crippen molar-refractivity contribution < 1.29 is 14.1 Å². The Morgan fingerprint density at radius 1 is 0.861 bits per heavy atom. The van der Waals surface area contributed by atoms with Crippen molar-refractivity contribution in [3.8, 4) is 5.75 Å². The fourth-order valence-corrected chi connectivity index (χ4v) is 4.68. The van der Waals surface area contributed by atoms with Gasteiger partial charge in [0.15, 0.2) is 12.4 Å². The van der Waals surface area contributed by atoms with Gasteiger partial charge in [-0.15, -0.1) is 0 Å². The van der Waals surface area contributed by atoms with E-state index in [-0.39, 0.29) is 5.91 Å². The summed E-state index contributed by atoms with van der Waals surface area (Å²) < 4.78 is 8.04. The lowest BCUT2D eigenvalue weighted by Gasteiger charge is -2.10. The van der Waals surface area contributed by atoms with Crippen molar-refractivity contribution in [2.45, 2.75) is 117 Å². The van der Waals surface area contributed by atoms with E-state index in [1.807, 2.05) is 30.3 Å². The number of hydrogen-bond acceptors (Lipinski definition) is 2. The zero-order valence-corrected chi connectivity index (χ0v) is 23.5. The summed E-state index contributed by atoms with van der Waals surface area (Å²) in [6, 6.07) is 9.71. The molecule has 36 heavy (non-hydrogen) atoms. The highest BCUT2D eigenvalue weighted by molar-refractivity contribution is 6.32. The number of aromatic nitrogens is 1. The number of amides is 1. The minimum atomic E-state index is -0.0119. The van der Waals surface area contributed by atoms with Gasteiger partial charge in [-0.2, -0.15) is 0 Å². The van der Waals surface area contributed by atoms with Crippen molar-refractivity contribution in [1.29, 1.82) is 0 Å². The van der Waals surface area contributed by atoms with Gasteiger partial charge >= 0.3 is 0 Å². The van der Waals surface area contributed by atoms with Gasteiger partial charge in [-0.1, -0.05) is 102 Å². The van der Waals surface area contributed by atoms with Gasteiger partial charge in [-0.25, -0.2) is 4.57 Å². The topological polar surface area (TPSA) is 42.2 Å². The third-order valence-electron chi connectivity index (χ3n) is 6.51. The fourth-order valence-electron chi connectivity index (χ4n) is 4.42. The number of nitrogens with one attached hydrogen (secondary N) is 1. The van der Waals surface area contributed by atoms with E-state index >= 15 is 0 Å². The molecule has 0 saturated carbocycles. The van der Waals surface area contributed by atoms with Gasteiger partial charge in [0.2, 0.25) is 5.91 Å². The average molecular weight is 516 g/mol. The molecule has 0 unspecified atom stereocenters. The molecule has 0 atom stereocenters. The Morgan fingerprint density at radius 3 is 2.17 bits per heavy atom. The number of carbonyl (C=O) groups is 1. The first-order valence-corrected chi connectivity index (χ1v) is 14.7. The van der Waals surface area contributed by atoms with Gasteiger partial charge in [0, 0.05) is 24.6 Å². The van der Waals surface area contributed by atoms with Crippen LogP contribution < -0.4 is 14.6 Å². The molecule has 0 aliphatic rings. The first-order valence-electron chi connectivity index (χ1n) is 14.3. The highest BCUT2D eigenvalue weighted by Gasteiger charge is 2.09. The fraction of sp³-hybridized carbons (Fsp3) is 0.613. The smallest absolute Gasteiger partial charge is 0.224 e. The highest BCUT2D eigenvalue weighted by Crippen LogP contribution is 2.26. The molecule has 0 radical (unpaired) electrons. The molecular weight excluding hydrogens is 468 g/mol. The third kappa shape index (κ3) is 13.3. The Hall–Kier alpha value is -2.07. The number of benzene rings is 1. The summed E-state index contributed by atoms with van der Waals surface area (Å²) in [6.07, 6.45) is 21.5. The number of unbranched alkanes of at least 4 members (excludes halogenated alkanes) is 11. The second kappa shape index (κ2) is 19.1. The monoisotopic (exact) mass is 515 g/mol. The number of ether oxygens (including phenoxy) is 1. The van der Waals surface area contributed by atoms with Crippen LogP contribution in [0.2, 0.25) is 5.02 Å². The van der Waals surface area contributed by atoms with E-state index in [9.17, 15) is 4.79 Å². The molecule has 2 rings (SSSR count). The standard InChI is InChI=1S/C31H47ClN2O2/c1-3-5-6-7-8-9-10-11-12-13-14-15-22-36-30-19-18-27(23-29(30)32)24-31(35)33-25-28-17-16-21-34(26-28)20-4-2/h16-19,21,23,26H,3-15,20,22,24-25H2,1-2H3/p+1. The van der Waals surface area contributed by atoms with Crippen LogP contribution in [0.5, 0.6) is 5.75 Å². The van der Waals surface area contributed by atoms with E-state index in [1.54, 1.807) is 0 Å². The van der Waals surface area contributed by atoms with Crippen molar-refractivity contribution in [3.63, 3.8) is 0 Å². The van der Waals surface area contributed by atoms with Crippen LogP contribution in [-0.2, 0) is 24.3 Å². The molecule has 1 N–H and O–H groups in total. The Morgan fingerprint density at radius 2 is 1.53 bits per heavy atom. The molecule has 0 aliphatic heterocycles. The predicted molar refractivity (Wildman–Crippen MR) is 151 cm³/mol. The summed E-state index contributed by atoms with van der Waals surface area (Å²) in [4.78, 5) is 12.4. The van der Waals surface area contributed by atoms with Crippen molar-refractivity contribution in [2.24, 2.45) is 0 Å². The van der Waals surface area contributed by atoms with E-state index < -0.39 is 0 Å². The number of halogens is 1. The van der Waals surface area contributed by atoms with Crippen LogP contribution in [0.25, 0.3) is 0 Å². The molecular formula is C31H48ClN2O2+. The zero-order chi connectivity index (χ0) is 25.8. The molecule has 0 bridgehead atoms. The van der Waals surface area contributed by atoms with Gasteiger partial charge < -0.3 is 10.1 Å². The van der Waals surface area contributed by atoms with Crippen molar-refractivity contribution >= 4 is 17.5 Å². The van der Waals surface area contributed by atoms with E-state index in [0.29, 0.717) is 30.3 Å². The van der Waals surface area contributed by atoms with E-state index in [2.05, 4.69) is 36.1 Å². The molecule has 0 fully saturated rings. The number of nitrogens with zero attached hydrogens (tertiary/aromatic N) is 1. The summed E-state index contributed by atoms with van der Waals surface area (Å²) in [5, 5.41) is 3.58. The van der Waals surface area contributed by atoms with Gasteiger partial charge in [-0.3, -0.25) is 4.79 Å². The van der Waals surface area contributed by atoms with Crippen LogP contribution in [0.1, 0.15) is 108 Å². The first-order chi connectivity index (χ1) is 17.6. The SMILES string of the molecule is CCCCCCCCCCCCCCOc1ccc(CC(=O)NCc2ccc[n+](CCC)c2)cc1Cl. The summed E-state index contributed by atoms with van der Waals surface area (Å²) in [5.41, 5.74) is 1.99. The summed E-state index contributed by atoms with van der Waals surface area (Å²) >= 11 is 6.42. The number of pyridine rings is 1. The van der Waals surface area contributed by atoms with Crippen LogP contribution in [-0.4, -0.2) is 12.5 Å². The van der Waals surface area contributed by atoms with Gasteiger partial charge in [0.1, 0.15) is 12.3 Å². The van der Waals surface area contributed by atoms with Gasteiger partial charge in [0.25, 0.3) is 0 Å². The third-order valence-corrected chi connectivity index (χ3v) is 6.80. The van der Waals surface area contributed by atoms with Gasteiger partial charge in [0.05, 0.1) is 18.1 Å². The summed E-state index contributed by atoms with van der Waals surface area (Å²) in [7, 11) is 0. The summed E-state index contributed by atoms with van der Waals surface area (Å²) in [5.74, 6) is 0.691. The van der Waals surface area contributed by atoms with Crippen molar-refractivity contribution in [1.82, 2.24) is 5.32 Å². The molecule has 0 aliphatic carbocycles. The molecule has 2 aromatic rings. The van der Waals surface area contributed by atoms with Crippen LogP contribution in [0.3, 0.4) is 0 Å². The molecule has 5 heteroatoms. The van der Waals surface area contributed by atoms with E-state index in [4.69, 9.17) is 16.3 Å². The molecule has 1 aromatic heterocycles. The minimum Gasteiger partial charge on any atom is -0.492 e. The summed E-state index contributed by atoms with van der Waals surface area (Å²) in [6.45, 7) is 6.62. The normalized spacial score (nSPS) is 11.0. The molecule has 4 nitrogen and oxygen atoms in total. The van der Waals surface area contributed by atoms with Gasteiger partial charge in [-0.05, 0) is 30.2 Å². The lowest BCUT2D eigenvalue weighted by atomic mass is 10.1. The Bertz CT molecular complexity index is 871. The van der Waals surface area contributed by atoms with Crippen molar-refractivity contribution in [3.05, 3.63) is 58.9 Å². The van der Waals surface area contributed by atoms with Crippen molar-refractivity contribution in [2.75, 3.05) is 6.61 Å². The molecule has 1 heterocycles. The maximum absolute atomic E-state index is 12.4. The van der Waals surface area contributed by atoms with E-state index in [0.717, 1.165) is 30.5 Å². The largest absolute Gasteiger partial charge is 0.492 e. The van der Waals surface area contributed by atoms with Crippen LogP contribution >= 0.6 is 11.6 Å². The average Bonchev–Trinajstić information content (AvgIpc) is 2.87. The zero-order valence-electron chi connectivity index (χ0n) is 22.7. The number of hydrogen-bond donors (Lipinski definition) is 1. The lowest BCUT2D eigenvalue weighted by molar-refractivity contribution is -0.697. The highest BCUT2D eigenvalue weighted by atomic mass is 35.5. The first kappa shape index (κ1) is 30.2. The molecule has 1 amide bonds. The maximum Gasteiger partial charge on any atom is 0.224 e. The van der Waals surface area contributed by atoms with Crippen LogP contribution in [0, 0.1) is 0 Å². The number of aryl methyl sites for hydroxylation is 1. The van der Waals surface area contributed by atoms with E-state index in [1.165, 1.54) is 70.6 Å². The minimum absolute atomic E-state index is 0.0119. The van der Waals surface area contributed by atoms with Crippen LogP contribution in [0.15, 0.2) is 42.7 Å². The molecule has 1 aromatic carbocycles. The Kier molecular flexibility index (Phi) is 16.0. The maximum atomic E-state index is 12.4. The van der Waals surface area contributed by atoms with Crippen LogP contribution in [0.4, 0.5) is 0 Å². The predicted octanol–water partition coefficient (Wildman–Crippen LogP) is 7.98. The second-order valence-corrected chi connectivity index (χ2v) is 10.3. The lowest BCUT2D eigenvalue weighted by Crippen LogP contribution is -2.34. The molecule has 200 valence electrons. The molecule has 0 saturated heterocycles. The second-order valence-electron chi connectivity index (χ2n) is 9.91. The number of carbonyl (C=O) groups excluding carboxylic acids is 1. The quantitative estimate of drug-likeness (QED) is 0.143. The Labute approximate surface area is 224 Å². The molecule has 0 spiro atoms. The number of rotatable bonds is 20. The Balaban J connectivity index is 1.56.